The quantitative estimate of drug-likeness (QED) is 0.176. The summed E-state index contributed by atoms with van der Waals surface area (Å²) in [6, 6.07) is 62.5. The number of benzene rings is 8. The maximum Gasteiger partial charge on any atom is 0.167 e. The molecule has 0 spiro atoms. The van der Waals surface area contributed by atoms with Crippen molar-refractivity contribution in [2.45, 2.75) is 0 Å². The van der Waals surface area contributed by atoms with E-state index in [1.165, 1.54) is 10.8 Å². The lowest BCUT2D eigenvalue weighted by Crippen LogP contribution is -2.00. The molecular formula is C51H30N4O2. The van der Waals surface area contributed by atoms with Gasteiger partial charge in [-0.2, -0.15) is 0 Å². The van der Waals surface area contributed by atoms with Gasteiger partial charge >= 0.3 is 0 Å². The predicted molar refractivity (Wildman–Crippen MR) is 230 cm³/mol. The Morgan fingerprint density at radius 2 is 0.912 bits per heavy atom. The van der Waals surface area contributed by atoms with Crippen LogP contribution in [0, 0.1) is 0 Å². The number of fused-ring (bicyclic) bond motifs is 10. The zero-order valence-electron chi connectivity index (χ0n) is 30.4. The van der Waals surface area contributed by atoms with E-state index in [0.717, 1.165) is 82.8 Å². The Kier molecular flexibility index (Phi) is 6.83. The second-order valence-electron chi connectivity index (χ2n) is 14.3. The van der Waals surface area contributed by atoms with Crippen LogP contribution in [0.5, 0.6) is 0 Å². The van der Waals surface area contributed by atoms with Crippen molar-refractivity contribution in [3.8, 4) is 51.0 Å². The summed E-state index contributed by atoms with van der Waals surface area (Å²) in [5.41, 5.74) is 11.0. The summed E-state index contributed by atoms with van der Waals surface area (Å²) in [5.74, 6) is 1.74. The maximum absolute atomic E-state index is 7.05. The van der Waals surface area contributed by atoms with Crippen LogP contribution in [-0.2, 0) is 0 Å². The van der Waals surface area contributed by atoms with Crippen LogP contribution in [0.25, 0.3) is 117 Å². The largest absolute Gasteiger partial charge is 0.455 e. The van der Waals surface area contributed by atoms with Gasteiger partial charge in [0.2, 0.25) is 0 Å². The van der Waals surface area contributed by atoms with Crippen molar-refractivity contribution in [1.82, 2.24) is 19.5 Å². The van der Waals surface area contributed by atoms with Gasteiger partial charge < -0.3 is 13.4 Å². The van der Waals surface area contributed by atoms with E-state index in [9.17, 15) is 0 Å². The lowest BCUT2D eigenvalue weighted by Gasteiger charge is -2.08. The van der Waals surface area contributed by atoms with Crippen LogP contribution in [0.4, 0.5) is 0 Å². The van der Waals surface area contributed by atoms with Crippen LogP contribution in [0.3, 0.4) is 0 Å². The van der Waals surface area contributed by atoms with Crippen LogP contribution in [0.1, 0.15) is 0 Å². The van der Waals surface area contributed by atoms with Crippen LogP contribution in [0.2, 0.25) is 0 Å². The molecular weight excluding hydrogens is 701 g/mol. The third kappa shape index (κ3) is 4.87. The van der Waals surface area contributed by atoms with Gasteiger partial charge in [-0.1, -0.05) is 140 Å². The molecule has 0 saturated carbocycles. The van der Waals surface area contributed by atoms with Gasteiger partial charge in [0.1, 0.15) is 22.3 Å². The third-order valence-electron chi connectivity index (χ3n) is 11.1. The molecule has 4 heterocycles. The molecule has 0 radical (unpaired) electrons. The van der Waals surface area contributed by atoms with Crippen molar-refractivity contribution in [2.75, 3.05) is 0 Å². The lowest BCUT2D eigenvalue weighted by atomic mass is 9.98. The highest BCUT2D eigenvalue weighted by atomic mass is 16.3. The summed E-state index contributed by atoms with van der Waals surface area (Å²) < 4.78 is 16.3. The highest BCUT2D eigenvalue weighted by Gasteiger charge is 2.24. The maximum atomic E-state index is 7.05. The van der Waals surface area contributed by atoms with Gasteiger partial charge in [-0.15, -0.1) is 0 Å². The van der Waals surface area contributed by atoms with E-state index >= 15 is 0 Å². The van der Waals surface area contributed by atoms with Gasteiger partial charge in [-0.05, 0) is 42.0 Å². The summed E-state index contributed by atoms with van der Waals surface area (Å²) in [6.07, 6.45) is 0. The molecule has 0 saturated heterocycles. The SMILES string of the molecule is c1ccc(-c2nc(-c3ccccc3)nc(-c3cccc4c3oc3c4cc(-c4ccccc4)c4oc5cc(-n6c7ccccc7c7ccccc76)ccc5c43)n2)cc1. The summed E-state index contributed by atoms with van der Waals surface area (Å²) in [5, 5.41) is 6.32. The minimum Gasteiger partial charge on any atom is -0.455 e. The summed E-state index contributed by atoms with van der Waals surface area (Å²) in [4.78, 5) is 15.0. The average Bonchev–Trinajstić information content (AvgIpc) is 3.96. The van der Waals surface area contributed by atoms with Crippen molar-refractivity contribution in [3.05, 3.63) is 182 Å². The fourth-order valence-electron chi connectivity index (χ4n) is 8.45. The van der Waals surface area contributed by atoms with E-state index in [-0.39, 0.29) is 0 Å². The van der Waals surface area contributed by atoms with Crippen LogP contribution in [0.15, 0.2) is 191 Å². The topological polar surface area (TPSA) is 69.9 Å². The number of hydrogen-bond donors (Lipinski definition) is 0. The van der Waals surface area contributed by atoms with E-state index in [0.29, 0.717) is 23.1 Å². The predicted octanol–water partition coefficient (Wildman–Crippen LogP) is 13.4. The minimum absolute atomic E-state index is 0.541. The van der Waals surface area contributed by atoms with Crippen molar-refractivity contribution in [3.63, 3.8) is 0 Å². The van der Waals surface area contributed by atoms with E-state index < -0.39 is 0 Å². The number of hydrogen-bond acceptors (Lipinski definition) is 5. The average molecular weight is 731 g/mol. The lowest BCUT2D eigenvalue weighted by molar-refractivity contribution is 0.663. The van der Waals surface area contributed by atoms with Crippen LogP contribution in [-0.4, -0.2) is 19.5 Å². The second-order valence-corrected chi connectivity index (χ2v) is 14.3. The molecule has 0 fully saturated rings. The fraction of sp³-hybridized carbons (Fsp3) is 0. The first-order chi connectivity index (χ1) is 28.3. The molecule has 12 rings (SSSR count). The summed E-state index contributed by atoms with van der Waals surface area (Å²) in [7, 11) is 0. The Balaban J connectivity index is 1.13. The van der Waals surface area contributed by atoms with Gasteiger partial charge in [-0.3, -0.25) is 0 Å². The Morgan fingerprint density at radius 3 is 1.56 bits per heavy atom. The van der Waals surface area contributed by atoms with Gasteiger partial charge in [0.05, 0.1) is 22.0 Å². The Labute approximate surface area is 325 Å². The minimum atomic E-state index is 0.541. The molecule has 0 N–H and O–H groups in total. The van der Waals surface area contributed by atoms with Gasteiger partial charge in [0.15, 0.2) is 17.5 Å². The third-order valence-corrected chi connectivity index (χ3v) is 11.1. The van der Waals surface area contributed by atoms with E-state index in [4.69, 9.17) is 23.8 Å². The van der Waals surface area contributed by atoms with Crippen molar-refractivity contribution in [2.24, 2.45) is 0 Å². The number of para-hydroxylation sites is 3. The molecule has 4 aromatic heterocycles. The molecule has 0 aliphatic carbocycles. The first-order valence-corrected chi connectivity index (χ1v) is 19.0. The van der Waals surface area contributed by atoms with Gasteiger partial charge in [0.25, 0.3) is 0 Å². The molecule has 266 valence electrons. The highest BCUT2D eigenvalue weighted by Crippen LogP contribution is 2.46. The molecule has 0 amide bonds. The molecule has 0 unspecified atom stereocenters. The van der Waals surface area contributed by atoms with E-state index in [2.05, 4.69) is 114 Å². The van der Waals surface area contributed by atoms with Crippen LogP contribution < -0.4 is 0 Å². The molecule has 12 aromatic rings. The van der Waals surface area contributed by atoms with Gasteiger partial charge in [0, 0.05) is 55.4 Å². The van der Waals surface area contributed by atoms with E-state index in [1.807, 2.05) is 72.8 Å². The molecule has 0 atom stereocenters. The normalized spacial score (nSPS) is 11.9. The van der Waals surface area contributed by atoms with Gasteiger partial charge in [-0.25, -0.2) is 15.0 Å². The number of furan rings is 2. The molecule has 0 aliphatic rings. The summed E-state index contributed by atoms with van der Waals surface area (Å²) in [6.45, 7) is 0. The first kappa shape index (κ1) is 31.5. The van der Waals surface area contributed by atoms with Crippen molar-refractivity contribution < 1.29 is 8.83 Å². The zero-order chi connectivity index (χ0) is 37.5. The monoisotopic (exact) mass is 730 g/mol. The highest BCUT2D eigenvalue weighted by molar-refractivity contribution is 6.26. The second kappa shape index (κ2) is 12.3. The number of rotatable bonds is 5. The van der Waals surface area contributed by atoms with Crippen LogP contribution >= 0.6 is 0 Å². The van der Waals surface area contributed by atoms with E-state index in [1.54, 1.807) is 0 Å². The molecule has 6 nitrogen and oxygen atoms in total. The molecule has 6 heteroatoms. The fourth-order valence-corrected chi connectivity index (χ4v) is 8.45. The molecule has 0 bridgehead atoms. The zero-order valence-corrected chi connectivity index (χ0v) is 30.4. The van der Waals surface area contributed by atoms with Crippen molar-refractivity contribution >= 4 is 65.7 Å². The number of nitrogens with zero attached hydrogens (tertiary/aromatic N) is 4. The molecule has 0 aliphatic heterocycles. The summed E-state index contributed by atoms with van der Waals surface area (Å²) >= 11 is 0. The smallest absolute Gasteiger partial charge is 0.167 e. The number of aromatic nitrogens is 4. The Bertz CT molecular complexity index is 3400. The van der Waals surface area contributed by atoms with Crippen molar-refractivity contribution in [1.29, 1.82) is 0 Å². The molecule has 57 heavy (non-hydrogen) atoms. The first-order valence-electron chi connectivity index (χ1n) is 19.0. The Hall–Kier alpha value is -7.83. The molecule has 8 aromatic carbocycles. The Morgan fingerprint density at radius 1 is 0.351 bits per heavy atom. The standard InChI is InChI=1S/C51H30N4O2/c1-4-15-31(16-5-1)40-30-41-37-23-14-24-39(51-53-49(32-17-6-2-7-18-32)52-50(54-51)33-19-8-3-9-20-33)46(37)57-48(41)45-38-28-27-34(29-44(38)56-47(40)45)55-42-25-12-10-21-35(42)36-22-11-13-26-43(36)55/h1-30H.